The lowest BCUT2D eigenvalue weighted by Crippen LogP contribution is -2.55. The van der Waals surface area contributed by atoms with Crippen molar-refractivity contribution in [3.63, 3.8) is 0 Å². The molecule has 0 heterocycles. The van der Waals surface area contributed by atoms with Crippen LogP contribution in [-0.2, 0) is 10.8 Å². The molecule has 0 saturated heterocycles. The average molecular weight is 1360 g/mol. The van der Waals surface area contributed by atoms with Crippen molar-refractivity contribution in [1.82, 2.24) is 0 Å². The topological polar surface area (TPSA) is 6.48 Å². The highest BCUT2D eigenvalue weighted by molar-refractivity contribution is 5.96. The Morgan fingerprint density at radius 1 is 0.170 bits per heavy atom. The van der Waals surface area contributed by atoms with Crippen LogP contribution in [0.25, 0.3) is 89.0 Å². The van der Waals surface area contributed by atoms with E-state index >= 15 is 0 Å². The van der Waals surface area contributed by atoms with Gasteiger partial charge >= 0.3 is 0 Å². The Bertz CT molecular complexity index is 5370. The van der Waals surface area contributed by atoms with Gasteiger partial charge < -0.3 is 9.80 Å². The summed E-state index contributed by atoms with van der Waals surface area (Å²) in [6.07, 6.45) is 14.3. The summed E-state index contributed by atoms with van der Waals surface area (Å²) in [5, 5.41) is 0. The quantitative estimate of drug-likeness (QED) is 0.120. The minimum Gasteiger partial charge on any atom is -0.311 e. The molecule has 0 N–H and O–H groups in total. The highest BCUT2D eigenvalue weighted by Crippen LogP contribution is 2.72. The molecule has 0 amide bonds. The van der Waals surface area contributed by atoms with Gasteiger partial charge in [0.25, 0.3) is 0 Å². The Morgan fingerprint density at radius 2 is 0.387 bits per heavy atom. The zero-order valence-corrected chi connectivity index (χ0v) is 60.1. The molecule has 0 unspecified atom stereocenters. The van der Waals surface area contributed by atoms with Crippen molar-refractivity contribution in [2.45, 2.75) is 75.0 Å². The van der Waals surface area contributed by atoms with E-state index < -0.39 is 0 Å². The molecule has 0 radical (unpaired) electrons. The van der Waals surface area contributed by atoms with Gasteiger partial charge in [0.2, 0.25) is 0 Å². The van der Waals surface area contributed by atoms with Crippen LogP contribution in [0.3, 0.4) is 0 Å². The van der Waals surface area contributed by atoms with Gasteiger partial charge in [0, 0.05) is 45.0 Å². The number of hydrogen-bond donors (Lipinski definition) is 0. The summed E-state index contributed by atoms with van der Waals surface area (Å²) in [6.45, 7) is 0. The van der Waals surface area contributed by atoms with Crippen molar-refractivity contribution in [1.29, 1.82) is 0 Å². The van der Waals surface area contributed by atoms with Gasteiger partial charge in [-0.3, -0.25) is 0 Å². The molecule has 2 nitrogen and oxygen atoms in total. The van der Waals surface area contributed by atoms with Gasteiger partial charge in [-0.05, 0) is 296 Å². The third-order valence-corrected chi connectivity index (χ3v) is 27.0. The molecule has 0 aromatic heterocycles. The largest absolute Gasteiger partial charge is 0.311 e. The van der Waals surface area contributed by atoms with Crippen molar-refractivity contribution < 1.29 is 0 Å². The van der Waals surface area contributed by atoms with Crippen LogP contribution in [0.15, 0.2) is 352 Å². The highest BCUT2D eigenvalue weighted by Gasteiger charge is 2.63. The van der Waals surface area contributed by atoms with Gasteiger partial charge in [0.15, 0.2) is 0 Å². The Hall–Kier alpha value is -11.3. The summed E-state index contributed by atoms with van der Waals surface area (Å²) < 4.78 is 0. The number of fused-ring (bicyclic) bond motifs is 6. The first-order valence-corrected chi connectivity index (χ1v) is 39.4. The third-order valence-electron chi connectivity index (χ3n) is 27.0. The summed E-state index contributed by atoms with van der Waals surface area (Å²) in [7, 11) is 0. The van der Waals surface area contributed by atoms with Crippen LogP contribution in [0.4, 0.5) is 34.1 Å². The van der Waals surface area contributed by atoms with Gasteiger partial charge in [0.1, 0.15) is 0 Å². The van der Waals surface area contributed by atoms with Crippen molar-refractivity contribution in [3.05, 3.63) is 374 Å². The lowest BCUT2D eigenvalue weighted by molar-refractivity contribution is -0.0399. The Labute approximate surface area is 625 Å². The second kappa shape index (κ2) is 25.8. The van der Waals surface area contributed by atoms with Crippen molar-refractivity contribution >= 4 is 34.1 Å². The maximum absolute atomic E-state index is 2.51. The lowest BCUT2D eigenvalue weighted by Gasteiger charge is -2.61. The zero-order chi connectivity index (χ0) is 69.9. The fraction of sp³-hybridized carbons (Fsp3) is 0.192. The summed E-state index contributed by atoms with van der Waals surface area (Å²) in [6, 6.07) is 131. The summed E-state index contributed by atoms with van der Waals surface area (Å²) in [5.41, 5.74) is 35.0. The van der Waals surface area contributed by atoms with Crippen LogP contribution in [0.1, 0.15) is 86.5 Å². The first kappa shape index (κ1) is 63.2. The Kier molecular flexibility index (Phi) is 15.4. The molecule has 2 heteroatoms. The van der Waals surface area contributed by atoms with Crippen molar-refractivity contribution in [2.24, 2.45) is 47.3 Å². The zero-order valence-electron chi connectivity index (χ0n) is 60.1. The van der Waals surface area contributed by atoms with Gasteiger partial charge in [0.05, 0.1) is 0 Å². The normalized spacial score (nSPS) is 23.2. The molecule has 2 spiro atoms. The average Bonchev–Trinajstić information content (AvgIpc) is 1.50. The van der Waals surface area contributed by atoms with Crippen molar-refractivity contribution in [3.8, 4) is 89.0 Å². The molecule has 10 aliphatic rings. The molecular weight excluding hydrogens is 1280 g/mol. The number of hydrogen-bond acceptors (Lipinski definition) is 2. The predicted molar refractivity (Wildman–Crippen MR) is 441 cm³/mol. The van der Waals surface area contributed by atoms with Crippen molar-refractivity contribution in [2.75, 3.05) is 9.80 Å². The standard InChI is InChI=1S/C58H47N.C46H39N/c1-3-10-41(11-4-1)44-22-28-50(29-23-44)59(51-30-24-45(25-31-51)42-12-5-2-6-13-42)52-32-26-46(27-33-52)43-18-20-47(21-19-43)53-15-9-17-56-57(53)54-14-7-8-16-55(54)58(56)48-35-39-34-40(37-48)38-49(58)36-39;1-3-10-38(11-4-1)47(39-12-5-2-6-13-39)40-24-22-34(23-25-40)33-18-20-35(21-19-33)41-15-9-17-44-45(41)42-14-7-8-16-43(42)46(44)36-27-31-26-32(29-36)30-37(46)28-31/h1-33,39-40,48-49H,34-38H2;1-25,31-32,36-37H,26-30H2. The Balaban J connectivity index is 0.000000140. The highest BCUT2D eigenvalue weighted by atomic mass is 15.1. The molecule has 8 saturated carbocycles. The monoisotopic (exact) mass is 1360 g/mol. The molecule has 14 aromatic rings. The molecule has 8 fully saturated rings. The number of nitrogens with zero attached hydrogens (tertiary/aromatic N) is 2. The van der Waals surface area contributed by atoms with Crippen LogP contribution < -0.4 is 9.80 Å². The minimum absolute atomic E-state index is 0.193. The molecule has 14 aromatic carbocycles. The predicted octanol–water partition coefficient (Wildman–Crippen LogP) is 27.8. The van der Waals surface area contributed by atoms with E-state index in [9.17, 15) is 0 Å². The van der Waals surface area contributed by atoms with Gasteiger partial charge in [-0.2, -0.15) is 0 Å². The van der Waals surface area contributed by atoms with E-state index in [1.165, 1.54) is 153 Å². The van der Waals surface area contributed by atoms with Crippen LogP contribution in [0.5, 0.6) is 0 Å². The van der Waals surface area contributed by atoms with Crippen LogP contribution in [-0.4, -0.2) is 0 Å². The van der Waals surface area contributed by atoms with E-state index in [2.05, 4.69) is 362 Å². The summed E-state index contributed by atoms with van der Waals surface area (Å²) in [4.78, 5) is 4.68. The van der Waals surface area contributed by atoms with Gasteiger partial charge in [-0.25, -0.2) is 0 Å². The number of anilines is 6. The van der Waals surface area contributed by atoms with Crippen LogP contribution >= 0.6 is 0 Å². The second-order valence-electron chi connectivity index (χ2n) is 32.3. The van der Waals surface area contributed by atoms with Gasteiger partial charge in [-0.15, -0.1) is 0 Å². The van der Waals surface area contributed by atoms with Crippen LogP contribution in [0.2, 0.25) is 0 Å². The summed E-state index contributed by atoms with van der Waals surface area (Å²) in [5.74, 6) is 6.96. The van der Waals surface area contributed by atoms with E-state index in [-0.39, 0.29) is 10.8 Å². The van der Waals surface area contributed by atoms with E-state index in [0.717, 1.165) is 81.5 Å². The van der Waals surface area contributed by atoms with E-state index in [1.807, 2.05) is 0 Å². The van der Waals surface area contributed by atoms with E-state index in [0.29, 0.717) is 0 Å². The maximum atomic E-state index is 2.51. The van der Waals surface area contributed by atoms with E-state index in [1.54, 1.807) is 22.3 Å². The first-order valence-electron chi connectivity index (χ1n) is 39.4. The third kappa shape index (κ3) is 10.3. The molecule has 24 rings (SSSR count). The SMILES string of the molecule is c1ccc(-c2ccc(N(c3ccc(-c4ccccc4)cc3)c3ccc(-c4ccc(-c5cccc6c5-c5ccccc5C65C6CC7CC(C6)CC5C7)cc4)cc3)cc2)cc1.c1ccc(N(c2ccccc2)c2ccc(-c3ccc(-c4cccc5c4-c4ccccc4C54C5CC6CC(C5)CC4C6)cc3)cc2)cc1. The molecular formula is C104H86N2. The molecule has 8 bridgehead atoms. The second-order valence-corrected chi connectivity index (χ2v) is 32.3. The number of rotatable bonds is 12. The molecule has 512 valence electrons. The maximum Gasteiger partial charge on any atom is 0.0462 e. The number of benzene rings is 14. The Morgan fingerprint density at radius 3 is 0.689 bits per heavy atom. The fourth-order valence-electron chi connectivity index (χ4n) is 23.1. The fourth-order valence-corrected chi connectivity index (χ4v) is 23.1. The lowest BCUT2D eigenvalue weighted by atomic mass is 9.43. The molecule has 10 aliphatic carbocycles. The number of para-hydroxylation sites is 2. The molecule has 106 heavy (non-hydrogen) atoms. The smallest absolute Gasteiger partial charge is 0.0462 e. The van der Waals surface area contributed by atoms with E-state index in [4.69, 9.17) is 0 Å². The molecule has 0 atom stereocenters. The summed E-state index contributed by atoms with van der Waals surface area (Å²) >= 11 is 0. The van der Waals surface area contributed by atoms with Gasteiger partial charge in [-0.1, -0.05) is 279 Å². The minimum atomic E-state index is 0.193. The van der Waals surface area contributed by atoms with Crippen LogP contribution in [0, 0.1) is 47.3 Å². The molecule has 0 aliphatic heterocycles. The first-order chi connectivity index (χ1) is 52.5.